The van der Waals surface area contributed by atoms with Gasteiger partial charge in [-0.15, -0.1) is 0 Å². The lowest BCUT2D eigenvalue weighted by atomic mass is 10.2. The number of aromatic nitrogens is 2. The molecule has 0 amide bonds. The maximum atomic E-state index is 14.3. The lowest BCUT2D eigenvalue weighted by Gasteiger charge is -2.20. The fraction of sp³-hybridized carbons (Fsp3) is 0.118. The molecule has 0 spiro atoms. The molecule has 1 unspecified atom stereocenters. The van der Waals surface area contributed by atoms with Crippen molar-refractivity contribution in [2.45, 2.75) is 12.3 Å². The van der Waals surface area contributed by atoms with E-state index in [4.69, 9.17) is 0 Å². The molecule has 0 radical (unpaired) electrons. The number of alkyl halides is 3. The molecule has 9 heteroatoms. The Kier molecular flexibility index (Phi) is 4.45. The van der Waals surface area contributed by atoms with Crippen molar-refractivity contribution in [1.82, 2.24) is 9.78 Å². The van der Waals surface area contributed by atoms with Crippen molar-refractivity contribution in [3.05, 3.63) is 66.2 Å². The summed E-state index contributed by atoms with van der Waals surface area (Å²) < 4.78 is 60.8. The molecule has 3 rings (SSSR count). The van der Waals surface area contributed by atoms with Crippen LogP contribution >= 0.6 is 0 Å². The Hall–Kier alpha value is -3.23. The first-order valence-corrected chi connectivity index (χ1v) is 7.29. The fourth-order valence-corrected chi connectivity index (χ4v) is 2.17. The number of hydrogen-bond donors (Lipinski definition) is 2. The largest absolute Gasteiger partial charge is 0.508 e. The van der Waals surface area contributed by atoms with Crippen molar-refractivity contribution >= 4 is 0 Å². The van der Waals surface area contributed by atoms with Gasteiger partial charge in [0.2, 0.25) is 0 Å². The van der Waals surface area contributed by atoms with Crippen LogP contribution in [0.5, 0.6) is 17.2 Å². The maximum absolute atomic E-state index is 14.3. The molecule has 1 atom stereocenters. The second-order valence-corrected chi connectivity index (χ2v) is 5.36. The number of phenols is 2. The summed E-state index contributed by atoms with van der Waals surface area (Å²) in [6.45, 7) is 0. The minimum Gasteiger partial charge on any atom is -0.508 e. The van der Waals surface area contributed by atoms with Gasteiger partial charge in [0.1, 0.15) is 28.8 Å². The predicted molar refractivity (Wildman–Crippen MR) is 82.7 cm³/mol. The molecule has 0 aliphatic carbocycles. The molecular weight excluding hydrogens is 356 g/mol. The van der Waals surface area contributed by atoms with E-state index in [0.717, 1.165) is 47.4 Å². The van der Waals surface area contributed by atoms with Crippen LogP contribution in [-0.4, -0.2) is 26.4 Å². The Labute approximate surface area is 144 Å². The van der Waals surface area contributed by atoms with Gasteiger partial charge in [-0.2, -0.15) is 18.3 Å². The summed E-state index contributed by atoms with van der Waals surface area (Å²) in [5.74, 6) is -5.56. The molecule has 0 saturated carbocycles. The van der Waals surface area contributed by atoms with E-state index in [1.165, 1.54) is 12.1 Å². The molecule has 26 heavy (non-hydrogen) atoms. The third-order valence-corrected chi connectivity index (χ3v) is 3.51. The van der Waals surface area contributed by atoms with E-state index in [2.05, 4.69) is 9.84 Å². The summed E-state index contributed by atoms with van der Waals surface area (Å²) in [5.41, 5.74) is -0.778. The maximum Gasteiger partial charge on any atom is 0.341 e. The quantitative estimate of drug-likeness (QED) is 0.671. The molecule has 136 valence electrons. The summed E-state index contributed by atoms with van der Waals surface area (Å²) in [4.78, 5) is 0. The topological polar surface area (TPSA) is 67.5 Å². The number of rotatable bonds is 5. The SMILES string of the molecule is Oc1ccc(-n2cc(C(F)(F)C(F)Oc3ccc(F)cc3)cn2)c(O)c1. The Morgan fingerprint density at radius 3 is 2.42 bits per heavy atom. The van der Waals surface area contributed by atoms with Gasteiger partial charge in [0.25, 0.3) is 0 Å². The van der Waals surface area contributed by atoms with Crippen LogP contribution in [0.25, 0.3) is 5.69 Å². The number of benzene rings is 2. The van der Waals surface area contributed by atoms with Crippen LogP contribution in [0, 0.1) is 5.82 Å². The molecule has 0 bridgehead atoms. The van der Waals surface area contributed by atoms with E-state index in [1.807, 2.05) is 0 Å². The number of halogens is 4. The van der Waals surface area contributed by atoms with E-state index in [9.17, 15) is 27.8 Å². The van der Waals surface area contributed by atoms with Crippen LogP contribution < -0.4 is 4.74 Å². The minimum atomic E-state index is -4.06. The molecule has 3 aromatic rings. The summed E-state index contributed by atoms with van der Waals surface area (Å²) in [6, 6.07) is 7.43. The van der Waals surface area contributed by atoms with Crippen LogP contribution in [0.4, 0.5) is 17.6 Å². The molecule has 1 aromatic heterocycles. The van der Waals surface area contributed by atoms with Gasteiger partial charge in [0.05, 0.1) is 11.8 Å². The number of aromatic hydroxyl groups is 2. The zero-order valence-electron chi connectivity index (χ0n) is 13.0. The van der Waals surface area contributed by atoms with Crippen LogP contribution in [0.15, 0.2) is 54.9 Å². The fourth-order valence-electron chi connectivity index (χ4n) is 2.17. The first kappa shape index (κ1) is 17.6. The Morgan fingerprint density at radius 1 is 1.08 bits per heavy atom. The Bertz CT molecular complexity index is 913. The lowest BCUT2D eigenvalue weighted by molar-refractivity contribution is -0.161. The average Bonchev–Trinajstić information content (AvgIpc) is 3.07. The van der Waals surface area contributed by atoms with Crippen LogP contribution in [0.3, 0.4) is 0 Å². The molecule has 0 fully saturated rings. The smallest absolute Gasteiger partial charge is 0.341 e. The van der Waals surface area contributed by atoms with E-state index in [0.29, 0.717) is 0 Å². The van der Waals surface area contributed by atoms with E-state index in [-0.39, 0.29) is 17.2 Å². The first-order chi connectivity index (χ1) is 12.3. The highest BCUT2D eigenvalue weighted by Crippen LogP contribution is 2.36. The second-order valence-electron chi connectivity index (χ2n) is 5.36. The van der Waals surface area contributed by atoms with Crippen molar-refractivity contribution in [2.75, 3.05) is 0 Å². The Morgan fingerprint density at radius 2 is 1.77 bits per heavy atom. The Balaban J connectivity index is 1.83. The average molecular weight is 368 g/mol. The monoisotopic (exact) mass is 368 g/mol. The van der Waals surface area contributed by atoms with Gasteiger partial charge in [0.15, 0.2) is 0 Å². The number of nitrogens with zero attached hydrogens (tertiary/aromatic N) is 2. The van der Waals surface area contributed by atoms with E-state index < -0.39 is 29.4 Å². The van der Waals surface area contributed by atoms with Crippen molar-refractivity contribution < 1.29 is 32.5 Å². The van der Waals surface area contributed by atoms with Gasteiger partial charge in [-0.3, -0.25) is 0 Å². The molecule has 0 aliphatic heterocycles. The van der Waals surface area contributed by atoms with Crippen LogP contribution in [0.1, 0.15) is 5.56 Å². The van der Waals surface area contributed by atoms with E-state index >= 15 is 0 Å². The second kappa shape index (κ2) is 6.58. The van der Waals surface area contributed by atoms with Gasteiger partial charge < -0.3 is 14.9 Å². The first-order valence-electron chi connectivity index (χ1n) is 7.29. The molecule has 5 nitrogen and oxygen atoms in total. The summed E-state index contributed by atoms with van der Waals surface area (Å²) in [7, 11) is 0. The van der Waals surface area contributed by atoms with Crippen molar-refractivity contribution in [3.63, 3.8) is 0 Å². The normalized spacial score (nSPS) is 12.8. The number of hydrogen-bond acceptors (Lipinski definition) is 4. The highest BCUT2D eigenvalue weighted by molar-refractivity contribution is 5.49. The van der Waals surface area contributed by atoms with Gasteiger partial charge in [-0.1, -0.05) is 0 Å². The molecule has 2 N–H and O–H groups in total. The zero-order valence-corrected chi connectivity index (χ0v) is 13.0. The van der Waals surface area contributed by atoms with Crippen LogP contribution in [-0.2, 0) is 5.92 Å². The third-order valence-electron chi connectivity index (χ3n) is 3.51. The molecule has 0 aliphatic rings. The van der Waals surface area contributed by atoms with Crippen molar-refractivity contribution in [3.8, 4) is 22.9 Å². The molecule has 1 heterocycles. The number of ether oxygens (including phenoxy) is 1. The predicted octanol–water partition coefficient (Wildman–Crippen LogP) is 3.89. The van der Waals surface area contributed by atoms with Gasteiger partial charge in [-0.05, 0) is 36.4 Å². The van der Waals surface area contributed by atoms with Crippen molar-refractivity contribution in [2.24, 2.45) is 0 Å². The molecular formula is C17H12F4N2O3. The van der Waals surface area contributed by atoms with Crippen molar-refractivity contribution in [1.29, 1.82) is 0 Å². The summed E-state index contributed by atoms with van der Waals surface area (Å²) >= 11 is 0. The van der Waals surface area contributed by atoms with Crippen LogP contribution in [0.2, 0.25) is 0 Å². The third kappa shape index (κ3) is 3.41. The summed E-state index contributed by atoms with van der Waals surface area (Å²) in [5, 5.41) is 22.7. The minimum absolute atomic E-state index is 0.0136. The lowest BCUT2D eigenvalue weighted by Crippen LogP contribution is -2.32. The number of phenolic OH excluding ortho intramolecular Hbond substituents is 2. The highest BCUT2D eigenvalue weighted by Gasteiger charge is 2.45. The summed E-state index contributed by atoms with van der Waals surface area (Å²) in [6.07, 6.45) is -1.49. The zero-order chi connectivity index (χ0) is 18.9. The molecule has 0 saturated heterocycles. The standard InChI is InChI=1S/C17H12F4N2O3/c18-11-1-4-13(5-2-11)26-16(19)17(20,21)10-8-22-23(9-10)14-6-3-12(24)7-15(14)25/h1-9,16,24-25H. The van der Waals surface area contributed by atoms with Gasteiger partial charge in [-0.25, -0.2) is 9.07 Å². The van der Waals surface area contributed by atoms with Gasteiger partial charge in [0, 0.05) is 12.3 Å². The van der Waals surface area contributed by atoms with E-state index in [1.54, 1.807) is 0 Å². The highest BCUT2D eigenvalue weighted by atomic mass is 19.3. The molecule has 2 aromatic carbocycles. The van der Waals surface area contributed by atoms with Gasteiger partial charge >= 0.3 is 12.3 Å².